The molecule has 0 aromatic rings. The first-order valence-corrected chi connectivity index (χ1v) is 6.39. The maximum absolute atomic E-state index is 10.2. The van der Waals surface area contributed by atoms with Crippen molar-refractivity contribution < 1.29 is 9.84 Å². The average molecular weight is 229 g/mol. The number of hydrogen-bond donors (Lipinski definition) is 1. The lowest BCUT2D eigenvalue weighted by Gasteiger charge is -2.39. The third-order valence-electron chi connectivity index (χ3n) is 3.21. The third kappa shape index (κ3) is 3.72. The van der Waals surface area contributed by atoms with Crippen molar-refractivity contribution in [3.05, 3.63) is 0 Å². The molecular weight excluding hydrogens is 202 g/mol. The van der Waals surface area contributed by atoms with Gasteiger partial charge in [0.15, 0.2) is 0 Å². The quantitative estimate of drug-likeness (QED) is 0.800. The number of rotatable bonds is 4. The predicted octanol–water partition coefficient (Wildman–Crippen LogP) is 2.04. The number of ether oxygens (including phenoxy) is 1. The van der Waals surface area contributed by atoms with Crippen LogP contribution in [0.15, 0.2) is 0 Å². The van der Waals surface area contributed by atoms with Gasteiger partial charge in [0.1, 0.15) is 0 Å². The van der Waals surface area contributed by atoms with Crippen LogP contribution in [0.4, 0.5) is 0 Å². The number of aliphatic hydroxyl groups is 1. The Labute approximate surface area is 99.8 Å². The van der Waals surface area contributed by atoms with Crippen LogP contribution in [0.1, 0.15) is 47.5 Å². The molecule has 1 heterocycles. The summed E-state index contributed by atoms with van der Waals surface area (Å²) in [5, 5.41) is 10.2. The molecule has 2 unspecified atom stereocenters. The molecule has 1 N–H and O–H groups in total. The van der Waals surface area contributed by atoms with E-state index in [4.69, 9.17) is 4.74 Å². The van der Waals surface area contributed by atoms with E-state index < -0.39 is 0 Å². The largest absolute Gasteiger partial charge is 0.389 e. The van der Waals surface area contributed by atoms with Gasteiger partial charge in [0.05, 0.1) is 18.8 Å². The molecule has 0 aromatic heterocycles. The van der Waals surface area contributed by atoms with Crippen LogP contribution in [0.25, 0.3) is 0 Å². The van der Waals surface area contributed by atoms with E-state index in [-0.39, 0.29) is 23.8 Å². The van der Waals surface area contributed by atoms with E-state index in [9.17, 15) is 5.11 Å². The van der Waals surface area contributed by atoms with E-state index in [2.05, 4.69) is 25.7 Å². The lowest BCUT2D eigenvalue weighted by Crippen LogP contribution is -2.50. The van der Waals surface area contributed by atoms with E-state index in [1.807, 2.05) is 13.8 Å². The highest BCUT2D eigenvalue weighted by Gasteiger charge is 2.36. The number of likely N-dealkylation sites (tertiary alicyclic amines) is 1. The third-order valence-corrected chi connectivity index (χ3v) is 3.21. The molecule has 1 rings (SSSR count). The van der Waals surface area contributed by atoms with Crippen molar-refractivity contribution in [3.8, 4) is 0 Å². The summed E-state index contributed by atoms with van der Waals surface area (Å²) in [6.07, 6.45) is 2.10. The van der Waals surface area contributed by atoms with E-state index in [0.29, 0.717) is 6.61 Å². The van der Waals surface area contributed by atoms with Gasteiger partial charge in [0.2, 0.25) is 0 Å². The molecular formula is C13H27NO2. The van der Waals surface area contributed by atoms with Crippen molar-refractivity contribution >= 4 is 0 Å². The van der Waals surface area contributed by atoms with Crippen molar-refractivity contribution in [2.45, 2.75) is 71.2 Å². The van der Waals surface area contributed by atoms with E-state index in [1.165, 1.54) is 6.42 Å². The molecule has 1 aliphatic heterocycles. The summed E-state index contributed by atoms with van der Waals surface area (Å²) < 4.78 is 5.50. The van der Waals surface area contributed by atoms with E-state index in [1.54, 1.807) is 0 Å². The Balaban J connectivity index is 2.51. The van der Waals surface area contributed by atoms with Gasteiger partial charge >= 0.3 is 0 Å². The fourth-order valence-corrected chi connectivity index (χ4v) is 2.43. The second kappa shape index (κ2) is 5.48. The molecule has 1 aliphatic rings. The summed E-state index contributed by atoms with van der Waals surface area (Å²) in [7, 11) is 0. The van der Waals surface area contributed by atoms with Crippen LogP contribution < -0.4 is 0 Å². The molecule has 0 bridgehead atoms. The van der Waals surface area contributed by atoms with Gasteiger partial charge in [-0.2, -0.15) is 0 Å². The fraction of sp³-hybridized carbons (Fsp3) is 1.00. The minimum absolute atomic E-state index is 0.139. The fourth-order valence-electron chi connectivity index (χ4n) is 2.43. The zero-order valence-corrected chi connectivity index (χ0v) is 11.4. The Morgan fingerprint density at radius 3 is 2.50 bits per heavy atom. The highest BCUT2D eigenvalue weighted by Crippen LogP contribution is 2.28. The van der Waals surface area contributed by atoms with Gasteiger partial charge in [-0.3, -0.25) is 4.90 Å². The molecule has 3 heteroatoms. The number of nitrogens with zero attached hydrogens (tertiary/aromatic N) is 1. The van der Waals surface area contributed by atoms with Crippen molar-refractivity contribution in [1.29, 1.82) is 0 Å². The van der Waals surface area contributed by atoms with Gasteiger partial charge in [-0.1, -0.05) is 0 Å². The maximum atomic E-state index is 10.2. The lowest BCUT2D eigenvalue weighted by atomic mass is 10.0. The highest BCUT2D eigenvalue weighted by molar-refractivity contribution is 4.91. The normalized spacial score (nSPS) is 25.3. The lowest BCUT2D eigenvalue weighted by molar-refractivity contribution is -0.0427. The SMILES string of the molecule is CC(C)OCC(O)C1CCCN1C(C)(C)C. The Morgan fingerprint density at radius 1 is 1.38 bits per heavy atom. The molecule has 96 valence electrons. The summed E-state index contributed by atoms with van der Waals surface area (Å²) in [4.78, 5) is 2.40. The molecule has 0 aromatic carbocycles. The van der Waals surface area contributed by atoms with Gasteiger partial charge < -0.3 is 9.84 Å². The van der Waals surface area contributed by atoms with Crippen LogP contribution in [0.2, 0.25) is 0 Å². The number of aliphatic hydroxyl groups excluding tert-OH is 1. The zero-order chi connectivity index (χ0) is 12.3. The summed E-state index contributed by atoms with van der Waals surface area (Å²) in [5.41, 5.74) is 0.139. The molecule has 16 heavy (non-hydrogen) atoms. The number of hydrogen-bond acceptors (Lipinski definition) is 3. The van der Waals surface area contributed by atoms with E-state index >= 15 is 0 Å². The summed E-state index contributed by atoms with van der Waals surface area (Å²) in [6.45, 7) is 12.2. The summed E-state index contributed by atoms with van der Waals surface area (Å²) in [6, 6.07) is 0.263. The minimum Gasteiger partial charge on any atom is -0.389 e. The smallest absolute Gasteiger partial charge is 0.0928 e. The van der Waals surface area contributed by atoms with Gasteiger partial charge in [0, 0.05) is 11.6 Å². The van der Waals surface area contributed by atoms with Crippen molar-refractivity contribution in [2.75, 3.05) is 13.2 Å². The van der Waals surface area contributed by atoms with Crippen molar-refractivity contribution in [3.63, 3.8) is 0 Å². The van der Waals surface area contributed by atoms with Gasteiger partial charge in [0.25, 0.3) is 0 Å². The molecule has 2 atom stereocenters. The molecule has 0 saturated carbocycles. The molecule has 0 radical (unpaired) electrons. The molecule has 1 fully saturated rings. The van der Waals surface area contributed by atoms with Crippen LogP contribution in [0, 0.1) is 0 Å². The van der Waals surface area contributed by atoms with Crippen molar-refractivity contribution in [2.24, 2.45) is 0 Å². The first kappa shape index (κ1) is 13.9. The monoisotopic (exact) mass is 229 g/mol. The molecule has 0 spiro atoms. The molecule has 0 amide bonds. The van der Waals surface area contributed by atoms with Crippen LogP contribution in [0.3, 0.4) is 0 Å². The Bertz CT molecular complexity index is 210. The van der Waals surface area contributed by atoms with Gasteiger partial charge in [-0.05, 0) is 54.0 Å². The van der Waals surface area contributed by atoms with Gasteiger partial charge in [-0.25, -0.2) is 0 Å². The van der Waals surface area contributed by atoms with E-state index in [0.717, 1.165) is 13.0 Å². The van der Waals surface area contributed by atoms with Crippen LogP contribution in [-0.2, 0) is 4.74 Å². The standard InChI is InChI=1S/C13H27NO2/c1-10(2)16-9-12(15)11-7-6-8-14(11)13(3,4)5/h10-12,15H,6-9H2,1-5H3. The average Bonchev–Trinajstić information content (AvgIpc) is 2.61. The highest BCUT2D eigenvalue weighted by atomic mass is 16.5. The summed E-state index contributed by atoms with van der Waals surface area (Å²) in [5.74, 6) is 0. The molecule has 1 saturated heterocycles. The van der Waals surface area contributed by atoms with Crippen LogP contribution in [-0.4, -0.2) is 46.9 Å². The Morgan fingerprint density at radius 2 is 2.00 bits per heavy atom. The Hall–Kier alpha value is -0.120. The first-order chi connectivity index (χ1) is 7.32. The second-order valence-corrected chi connectivity index (χ2v) is 6.02. The Kier molecular flexibility index (Phi) is 4.77. The van der Waals surface area contributed by atoms with Crippen molar-refractivity contribution in [1.82, 2.24) is 4.90 Å². The minimum atomic E-state index is -0.357. The second-order valence-electron chi connectivity index (χ2n) is 6.02. The topological polar surface area (TPSA) is 32.7 Å². The zero-order valence-electron chi connectivity index (χ0n) is 11.4. The maximum Gasteiger partial charge on any atom is 0.0928 e. The van der Waals surface area contributed by atoms with Gasteiger partial charge in [-0.15, -0.1) is 0 Å². The molecule has 3 nitrogen and oxygen atoms in total. The van der Waals surface area contributed by atoms with Crippen LogP contribution >= 0.6 is 0 Å². The molecule has 0 aliphatic carbocycles. The first-order valence-electron chi connectivity index (χ1n) is 6.39. The summed E-state index contributed by atoms with van der Waals surface area (Å²) >= 11 is 0. The predicted molar refractivity (Wildman–Crippen MR) is 66.6 cm³/mol. The van der Waals surface area contributed by atoms with Crippen LogP contribution in [0.5, 0.6) is 0 Å².